The Morgan fingerprint density at radius 1 is 1.16 bits per heavy atom. The van der Waals surface area contributed by atoms with Crippen molar-refractivity contribution in [3.63, 3.8) is 0 Å². The van der Waals surface area contributed by atoms with Crippen LogP contribution in [0.15, 0.2) is 30.3 Å². The summed E-state index contributed by atoms with van der Waals surface area (Å²) in [6.45, 7) is 11.0. The molecule has 2 amide bonds. The zero-order chi connectivity index (χ0) is 30.0. The molecule has 43 heavy (non-hydrogen) atoms. The minimum Gasteiger partial charge on any atom is -0.389 e. The summed E-state index contributed by atoms with van der Waals surface area (Å²) in [4.78, 5) is 31.2. The Labute approximate surface area is 254 Å². The molecule has 3 saturated heterocycles. The SMILES string of the molecule is CCn1nc2nc(C)c(N3CCC4(CN(C(=O)N5CC(O)C5)C4)C3)cc2c1N(C)c1nc(-c2ccc(C)cc2)c(C#N)s1. The molecule has 0 atom stereocenters. The predicted octanol–water partition coefficient (Wildman–Crippen LogP) is 4.14. The molecule has 6 heterocycles. The van der Waals surface area contributed by atoms with Gasteiger partial charge >= 0.3 is 6.03 Å². The number of aromatic nitrogens is 4. The molecule has 7 rings (SSSR count). The van der Waals surface area contributed by atoms with Crippen molar-refractivity contribution in [1.82, 2.24) is 29.5 Å². The van der Waals surface area contributed by atoms with Gasteiger partial charge in [-0.2, -0.15) is 10.4 Å². The Bertz CT molecular complexity index is 1760. The van der Waals surface area contributed by atoms with E-state index in [1.54, 1.807) is 4.90 Å². The quantitative estimate of drug-likeness (QED) is 0.365. The van der Waals surface area contributed by atoms with E-state index in [1.807, 2.05) is 59.6 Å². The highest BCUT2D eigenvalue weighted by molar-refractivity contribution is 7.16. The molecular formula is C31H35N9O2S. The van der Waals surface area contributed by atoms with Gasteiger partial charge in [0.05, 0.1) is 36.0 Å². The molecule has 0 unspecified atom stereocenters. The van der Waals surface area contributed by atoms with Crippen molar-refractivity contribution in [2.24, 2.45) is 5.41 Å². The largest absolute Gasteiger partial charge is 0.389 e. The lowest BCUT2D eigenvalue weighted by atomic mass is 9.79. The van der Waals surface area contributed by atoms with Gasteiger partial charge in [0.2, 0.25) is 0 Å². The fourth-order valence-corrected chi connectivity index (χ4v) is 7.50. The molecule has 1 aromatic carbocycles. The number of benzene rings is 1. The number of β-amino-alcohol motifs (C(OH)–C–C–N with tert-alkyl or cyclic N) is 1. The summed E-state index contributed by atoms with van der Waals surface area (Å²) in [5.41, 5.74) is 5.57. The van der Waals surface area contributed by atoms with Crippen molar-refractivity contribution >= 4 is 45.0 Å². The number of anilines is 3. The maximum absolute atomic E-state index is 12.7. The van der Waals surface area contributed by atoms with Crippen LogP contribution in [0.2, 0.25) is 0 Å². The summed E-state index contributed by atoms with van der Waals surface area (Å²) >= 11 is 1.38. The van der Waals surface area contributed by atoms with Crippen molar-refractivity contribution < 1.29 is 9.90 Å². The third kappa shape index (κ3) is 4.58. The summed E-state index contributed by atoms with van der Waals surface area (Å²) in [6, 6.07) is 12.7. The van der Waals surface area contributed by atoms with E-state index in [4.69, 9.17) is 15.1 Å². The van der Waals surface area contributed by atoms with E-state index >= 15 is 0 Å². The molecular weight excluding hydrogens is 562 g/mol. The summed E-state index contributed by atoms with van der Waals surface area (Å²) in [6.07, 6.45) is 0.641. The number of aliphatic hydroxyl groups excluding tert-OH is 1. The van der Waals surface area contributed by atoms with Gasteiger partial charge in [-0.15, -0.1) is 0 Å². The number of hydrogen-bond donors (Lipinski definition) is 1. The number of amides is 2. The fraction of sp³-hybridized carbons (Fsp3) is 0.452. The van der Waals surface area contributed by atoms with Gasteiger partial charge in [-0.1, -0.05) is 41.2 Å². The van der Waals surface area contributed by atoms with Crippen LogP contribution in [0, 0.1) is 30.6 Å². The molecule has 12 heteroatoms. The maximum Gasteiger partial charge on any atom is 0.320 e. The van der Waals surface area contributed by atoms with Gasteiger partial charge in [-0.3, -0.25) is 0 Å². The third-order valence-corrected chi connectivity index (χ3v) is 10.1. The monoisotopic (exact) mass is 597 g/mol. The van der Waals surface area contributed by atoms with E-state index in [1.165, 1.54) is 11.3 Å². The Balaban J connectivity index is 1.17. The van der Waals surface area contributed by atoms with E-state index in [-0.39, 0.29) is 17.6 Å². The van der Waals surface area contributed by atoms with Crippen LogP contribution in [0.3, 0.4) is 0 Å². The van der Waals surface area contributed by atoms with Crippen molar-refractivity contribution in [3.05, 3.63) is 46.5 Å². The summed E-state index contributed by atoms with van der Waals surface area (Å²) in [5.74, 6) is 0.894. The molecule has 1 N–H and O–H groups in total. The molecule has 3 aliphatic heterocycles. The van der Waals surface area contributed by atoms with E-state index in [9.17, 15) is 15.2 Å². The smallest absolute Gasteiger partial charge is 0.320 e. The van der Waals surface area contributed by atoms with Gasteiger partial charge < -0.3 is 24.7 Å². The second kappa shape index (κ2) is 10.2. The molecule has 4 aromatic rings. The number of nitrogens with zero attached hydrogens (tertiary/aromatic N) is 9. The van der Waals surface area contributed by atoms with Crippen molar-refractivity contribution in [1.29, 1.82) is 5.26 Å². The number of aryl methyl sites for hydroxylation is 3. The van der Waals surface area contributed by atoms with Crippen LogP contribution in [-0.2, 0) is 6.54 Å². The van der Waals surface area contributed by atoms with Crippen molar-refractivity contribution in [3.8, 4) is 17.3 Å². The highest BCUT2D eigenvalue weighted by Gasteiger charge is 2.51. The second-order valence-electron chi connectivity index (χ2n) is 12.2. The lowest BCUT2D eigenvalue weighted by Gasteiger charge is -2.51. The van der Waals surface area contributed by atoms with Gasteiger partial charge in [0.1, 0.15) is 22.5 Å². The number of nitriles is 1. The van der Waals surface area contributed by atoms with Gasteiger partial charge in [0.15, 0.2) is 10.8 Å². The summed E-state index contributed by atoms with van der Waals surface area (Å²) < 4.78 is 1.95. The first-order valence-electron chi connectivity index (χ1n) is 14.8. The number of urea groups is 1. The van der Waals surface area contributed by atoms with Gasteiger partial charge in [-0.25, -0.2) is 19.4 Å². The van der Waals surface area contributed by atoms with Crippen LogP contribution in [0.4, 0.5) is 21.4 Å². The van der Waals surface area contributed by atoms with E-state index in [0.29, 0.717) is 35.9 Å². The summed E-state index contributed by atoms with van der Waals surface area (Å²) in [5, 5.41) is 26.0. The van der Waals surface area contributed by atoms with Crippen LogP contribution in [0.25, 0.3) is 22.3 Å². The van der Waals surface area contributed by atoms with Crippen LogP contribution in [0.1, 0.15) is 29.5 Å². The molecule has 0 bridgehead atoms. The Morgan fingerprint density at radius 2 is 1.91 bits per heavy atom. The highest BCUT2D eigenvalue weighted by Crippen LogP contribution is 2.44. The number of carbonyl (C=O) groups excluding carboxylic acids is 1. The molecule has 222 valence electrons. The molecule has 1 spiro atoms. The molecule has 0 radical (unpaired) electrons. The van der Waals surface area contributed by atoms with Gasteiger partial charge in [0.25, 0.3) is 0 Å². The highest BCUT2D eigenvalue weighted by atomic mass is 32.1. The normalized spacial score (nSPS) is 17.8. The minimum absolute atomic E-state index is 0.0422. The van der Waals surface area contributed by atoms with Crippen LogP contribution >= 0.6 is 11.3 Å². The topological polar surface area (TPSA) is 118 Å². The molecule has 0 aliphatic carbocycles. The maximum atomic E-state index is 12.7. The molecule has 3 aliphatic rings. The molecule has 0 saturated carbocycles. The van der Waals surface area contributed by atoms with E-state index in [2.05, 4.69) is 24.0 Å². The Kier molecular flexibility index (Phi) is 6.55. The summed E-state index contributed by atoms with van der Waals surface area (Å²) in [7, 11) is 1.98. The van der Waals surface area contributed by atoms with Gasteiger partial charge in [0, 0.05) is 50.7 Å². The minimum atomic E-state index is -0.383. The number of likely N-dealkylation sites (tertiary alicyclic amines) is 2. The van der Waals surface area contributed by atoms with Crippen molar-refractivity contribution in [2.75, 3.05) is 56.1 Å². The third-order valence-electron chi connectivity index (χ3n) is 9.05. The number of rotatable bonds is 5. The molecule has 3 fully saturated rings. The first-order valence-corrected chi connectivity index (χ1v) is 15.6. The number of carbonyl (C=O) groups is 1. The first kappa shape index (κ1) is 27.6. The predicted molar refractivity (Wildman–Crippen MR) is 167 cm³/mol. The van der Waals surface area contributed by atoms with Crippen LogP contribution in [0.5, 0.6) is 0 Å². The Hall–Kier alpha value is -4.21. The van der Waals surface area contributed by atoms with Gasteiger partial charge in [-0.05, 0) is 33.3 Å². The fourth-order valence-electron chi connectivity index (χ4n) is 6.65. The molecule has 3 aromatic heterocycles. The number of hydrogen-bond acceptors (Lipinski definition) is 9. The zero-order valence-corrected chi connectivity index (χ0v) is 25.7. The Morgan fingerprint density at radius 3 is 2.58 bits per heavy atom. The lowest BCUT2D eigenvalue weighted by molar-refractivity contribution is -0.0161. The number of pyridine rings is 1. The number of aliphatic hydroxyl groups is 1. The lowest BCUT2D eigenvalue weighted by Crippen LogP contribution is -2.66. The number of thiazole rings is 1. The number of fused-ring (bicyclic) bond motifs is 1. The second-order valence-corrected chi connectivity index (χ2v) is 13.2. The van der Waals surface area contributed by atoms with Crippen LogP contribution < -0.4 is 9.80 Å². The zero-order valence-electron chi connectivity index (χ0n) is 24.9. The molecule has 11 nitrogen and oxygen atoms in total. The van der Waals surface area contributed by atoms with Crippen molar-refractivity contribution in [2.45, 2.75) is 39.8 Å². The van der Waals surface area contributed by atoms with E-state index in [0.717, 1.165) is 71.4 Å². The van der Waals surface area contributed by atoms with E-state index < -0.39 is 0 Å². The average molecular weight is 598 g/mol. The van der Waals surface area contributed by atoms with Crippen LogP contribution in [-0.4, -0.2) is 93.1 Å². The average Bonchev–Trinajstić information content (AvgIpc) is 3.69. The standard InChI is InChI=1S/C31H35N9O2S/c1-5-40-28(36(4)29-34-26(25(13-32)43-29)21-8-6-19(2)7-9-21)23-12-24(20(3)33-27(23)35-40)37-11-10-31(16-37)17-39(18-31)30(42)38-14-22(41)15-38/h6-9,12,22,41H,5,10-11,14-18H2,1-4H3. The first-order chi connectivity index (χ1) is 20.7.